The first-order valence-corrected chi connectivity index (χ1v) is 6.64. The van der Waals surface area contributed by atoms with Gasteiger partial charge in [0.25, 0.3) is 0 Å². The van der Waals surface area contributed by atoms with Gasteiger partial charge in [0, 0.05) is 16.1 Å². The summed E-state index contributed by atoms with van der Waals surface area (Å²) in [4.78, 5) is 10.9. The number of halogens is 2. The molecule has 0 aliphatic carbocycles. The number of carbonyl (C=O) groups is 1. The third-order valence-corrected chi connectivity index (χ3v) is 3.43. The van der Waals surface area contributed by atoms with Gasteiger partial charge in [-0.25, -0.2) is 9.18 Å². The number of carbonyl (C=O) groups excluding carboxylic acids is 1. The molecule has 1 unspecified atom stereocenters. The Morgan fingerprint density at radius 2 is 2.05 bits per heavy atom. The summed E-state index contributed by atoms with van der Waals surface area (Å²) in [7, 11) is 0. The number of primary amides is 1. The van der Waals surface area contributed by atoms with Gasteiger partial charge in [-0.15, -0.1) is 0 Å². The van der Waals surface area contributed by atoms with Crippen LogP contribution in [0, 0.1) is 5.82 Å². The van der Waals surface area contributed by atoms with Crippen molar-refractivity contribution in [1.82, 2.24) is 0 Å². The number of nitrogens with two attached hydrogens (primary N) is 1. The SMILES string of the molecule is NC(=O)Oc1cccc(C(O)c2cc(F)ccc2Cl)c1CO. The molecule has 116 valence electrons. The van der Waals surface area contributed by atoms with Crippen molar-refractivity contribution in [2.75, 3.05) is 0 Å². The number of benzene rings is 2. The molecule has 2 aromatic rings. The van der Waals surface area contributed by atoms with Gasteiger partial charge < -0.3 is 20.7 Å². The Hall–Kier alpha value is -2.15. The molecule has 2 aromatic carbocycles. The molecule has 0 saturated carbocycles. The van der Waals surface area contributed by atoms with E-state index in [2.05, 4.69) is 0 Å². The second-order valence-electron chi connectivity index (χ2n) is 4.47. The van der Waals surface area contributed by atoms with Crippen LogP contribution in [0.25, 0.3) is 0 Å². The largest absolute Gasteiger partial charge is 0.410 e. The van der Waals surface area contributed by atoms with Gasteiger partial charge in [-0.2, -0.15) is 0 Å². The van der Waals surface area contributed by atoms with Crippen molar-refractivity contribution in [3.05, 3.63) is 63.9 Å². The van der Waals surface area contributed by atoms with E-state index >= 15 is 0 Å². The third-order valence-electron chi connectivity index (χ3n) is 3.09. The number of amides is 1. The fraction of sp³-hybridized carbons (Fsp3) is 0.133. The van der Waals surface area contributed by atoms with Crippen LogP contribution in [0.3, 0.4) is 0 Å². The monoisotopic (exact) mass is 325 g/mol. The van der Waals surface area contributed by atoms with Gasteiger partial charge in [0.1, 0.15) is 17.7 Å². The minimum atomic E-state index is -1.30. The summed E-state index contributed by atoms with van der Waals surface area (Å²) >= 11 is 5.97. The Labute approximate surface area is 130 Å². The first-order chi connectivity index (χ1) is 10.4. The van der Waals surface area contributed by atoms with Crippen molar-refractivity contribution in [2.45, 2.75) is 12.7 Å². The molecule has 7 heteroatoms. The summed E-state index contributed by atoms with van der Waals surface area (Å²) in [5.74, 6) is -0.549. The lowest BCUT2D eigenvalue weighted by atomic mass is 9.96. The molecular formula is C15H13ClFNO4. The zero-order chi connectivity index (χ0) is 16.3. The van der Waals surface area contributed by atoms with Crippen LogP contribution in [-0.2, 0) is 6.61 Å². The van der Waals surface area contributed by atoms with Crippen molar-refractivity contribution < 1.29 is 24.1 Å². The topological polar surface area (TPSA) is 92.8 Å². The van der Waals surface area contributed by atoms with Crippen LogP contribution in [0.1, 0.15) is 22.8 Å². The van der Waals surface area contributed by atoms with E-state index in [-0.39, 0.29) is 27.5 Å². The molecule has 5 nitrogen and oxygen atoms in total. The molecule has 1 atom stereocenters. The lowest BCUT2D eigenvalue weighted by molar-refractivity contribution is 0.202. The zero-order valence-corrected chi connectivity index (χ0v) is 12.0. The number of aliphatic hydroxyl groups is 2. The molecule has 0 heterocycles. The summed E-state index contributed by atoms with van der Waals surface area (Å²) in [6, 6.07) is 8.00. The molecule has 0 aromatic heterocycles. The molecule has 0 aliphatic heterocycles. The molecule has 4 N–H and O–H groups in total. The second kappa shape index (κ2) is 6.74. The molecular weight excluding hydrogens is 313 g/mol. The molecule has 0 aliphatic rings. The molecule has 0 bridgehead atoms. The number of hydrogen-bond donors (Lipinski definition) is 3. The maximum atomic E-state index is 13.4. The highest BCUT2D eigenvalue weighted by Gasteiger charge is 2.21. The van der Waals surface area contributed by atoms with Crippen LogP contribution in [0.2, 0.25) is 5.02 Å². The van der Waals surface area contributed by atoms with Crippen LogP contribution in [0.4, 0.5) is 9.18 Å². The normalized spacial score (nSPS) is 12.0. The minimum Gasteiger partial charge on any atom is -0.410 e. The van der Waals surface area contributed by atoms with Gasteiger partial charge in [0.2, 0.25) is 0 Å². The summed E-state index contributed by atoms with van der Waals surface area (Å²) in [6.07, 6.45) is -2.35. The van der Waals surface area contributed by atoms with E-state index in [1.807, 2.05) is 0 Å². The summed E-state index contributed by atoms with van der Waals surface area (Å²) < 4.78 is 18.1. The first-order valence-electron chi connectivity index (χ1n) is 6.27. The highest BCUT2D eigenvalue weighted by molar-refractivity contribution is 6.31. The van der Waals surface area contributed by atoms with Crippen molar-refractivity contribution in [2.24, 2.45) is 5.73 Å². The third kappa shape index (κ3) is 3.36. The first kappa shape index (κ1) is 16.2. The Kier molecular flexibility index (Phi) is 4.97. The smallest absolute Gasteiger partial charge is 0.409 e. The maximum absolute atomic E-state index is 13.4. The molecule has 0 saturated heterocycles. The van der Waals surface area contributed by atoms with Crippen molar-refractivity contribution in [1.29, 1.82) is 0 Å². The highest BCUT2D eigenvalue weighted by Crippen LogP contribution is 2.34. The number of aliphatic hydroxyl groups excluding tert-OH is 2. The van der Waals surface area contributed by atoms with E-state index in [0.717, 1.165) is 12.1 Å². The second-order valence-corrected chi connectivity index (χ2v) is 4.88. The fourth-order valence-corrected chi connectivity index (χ4v) is 2.32. The number of hydrogen-bond acceptors (Lipinski definition) is 4. The molecule has 0 radical (unpaired) electrons. The molecule has 22 heavy (non-hydrogen) atoms. The summed E-state index contributed by atoms with van der Waals surface area (Å²) in [6.45, 7) is -0.511. The predicted octanol–water partition coefficient (Wildman–Crippen LogP) is 2.51. The summed E-state index contributed by atoms with van der Waals surface area (Å²) in [5, 5.41) is 20.1. The minimum absolute atomic E-state index is 0.0130. The molecule has 0 spiro atoms. The van der Waals surface area contributed by atoms with E-state index in [1.54, 1.807) is 0 Å². The van der Waals surface area contributed by atoms with Crippen molar-refractivity contribution in [3.8, 4) is 5.75 Å². The average Bonchev–Trinajstić information content (AvgIpc) is 2.48. The Balaban J connectivity index is 2.51. The predicted molar refractivity (Wildman–Crippen MR) is 78.0 cm³/mol. The number of ether oxygens (including phenoxy) is 1. The van der Waals surface area contributed by atoms with E-state index in [9.17, 15) is 19.4 Å². The van der Waals surface area contributed by atoms with Crippen molar-refractivity contribution >= 4 is 17.7 Å². The van der Waals surface area contributed by atoms with E-state index < -0.39 is 24.6 Å². The van der Waals surface area contributed by atoms with E-state index in [4.69, 9.17) is 22.1 Å². The van der Waals surface area contributed by atoms with E-state index in [1.165, 1.54) is 24.3 Å². The lowest BCUT2D eigenvalue weighted by Crippen LogP contribution is -2.18. The van der Waals surface area contributed by atoms with Gasteiger partial charge in [-0.05, 0) is 29.8 Å². The Morgan fingerprint density at radius 1 is 1.32 bits per heavy atom. The fourth-order valence-electron chi connectivity index (χ4n) is 2.10. The van der Waals surface area contributed by atoms with Crippen LogP contribution in [0.5, 0.6) is 5.75 Å². The van der Waals surface area contributed by atoms with Gasteiger partial charge in [-0.1, -0.05) is 23.7 Å². The molecule has 2 rings (SSSR count). The van der Waals surface area contributed by atoms with Crippen molar-refractivity contribution in [3.63, 3.8) is 0 Å². The van der Waals surface area contributed by atoms with Crippen LogP contribution < -0.4 is 10.5 Å². The van der Waals surface area contributed by atoms with E-state index in [0.29, 0.717) is 0 Å². The van der Waals surface area contributed by atoms with Gasteiger partial charge in [0.05, 0.1) is 6.61 Å². The van der Waals surface area contributed by atoms with Gasteiger partial charge >= 0.3 is 6.09 Å². The van der Waals surface area contributed by atoms with Crippen LogP contribution >= 0.6 is 11.6 Å². The van der Waals surface area contributed by atoms with Crippen LogP contribution in [-0.4, -0.2) is 16.3 Å². The molecule has 1 amide bonds. The maximum Gasteiger partial charge on any atom is 0.409 e. The van der Waals surface area contributed by atoms with Gasteiger partial charge in [0.15, 0.2) is 0 Å². The Morgan fingerprint density at radius 3 is 2.68 bits per heavy atom. The lowest BCUT2D eigenvalue weighted by Gasteiger charge is -2.18. The van der Waals surface area contributed by atoms with Gasteiger partial charge in [-0.3, -0.25) is 0 Å². The standard InChI is InChI=1S/C15H13ClFNO4/c16-12-5-4-8(17)6-10(12)14(20)9-2-1-3-13(11(9)7-19)22-15(18)21/h1-6,14,19-20H,7H2,(H2,18,21). The van der Waals surface area contributed by atoms with Crippen LogP contribution in [0.15, 0.2) is 36.4 Å². The number of rotatable bonds is 4. The molecule has 0 fully saturated rings. The Bertz CT molecular complexity index is 708. The summed E-state index contributed by atoms with van der Waals surface area (Å²) in [5.41, 5.74) is 5.48. The quantitative estimate of drug-likeness (QED) is 0.805. The average molecular weight is 326 g/mol. The highest BCUT2D eigenvalue weighted by atomic mass is 35.5. The zero-order valence-electron chi connectivity index (χ0n) is 11.3.